The number of ether oxygens (including phenoxy) is 3. The smallest absolute Gasteiger partial charge is 0.337 e. The van der Waals surface area contributed by atoms with Gasteiger partial charge in [-0.15, -0.1) is 0 Å². The highest BCUT2D eigenvalue weighted by atomic mass is 16.6. The van der Waals surface area contributed by atoms with Crippen molar-refractivity contribution in [2.75, 3.05) is 13.2 Å². The van der Waals surface area contributed by atoms with Gasteiger partial charge in [-0.2, -0.15) is 0 Å². The molecule has 0 spiro atoms. The average Bonchev–Trinajstić information content (AvgIpc) is 2.87. The van der Waals surface area contributed by atoms with Crippen molar-refractivity contribution in [3.8, 4) is 0 Å². The third-order valence-electron chi connectivity index (χ3n) is 2.85. The Bertz CT molecular complexity index is 287. The van der Waals surface area contributed by atoms with Gasteiger partial charge in [0.05, 0.1) is 25.4 Å². The number of aliphatic hydroxyl groups is 2. The van der Waals surface area contributed by atoms with Crippen LogP contribution in [-0.2, 0) is 23.8 Å². The molecule has 1 saturated heterocycles. The maximum absolute atomic E-state index is 11.3. The van der Waals surface area contributed by atoms with E-state index in [1.807, 2.05) is 0 Å². The molecule has 0 aromatic heterocycles. The van der Waals surface area contributed by atoms with Gasteiger partial charge in [0, 0.05) is 0 Å². The largest absolute Gasteiger partial charge is 0.464 e. The minimum atomic E-state index is -1.40. The van der Waals surface area contributed by atoms with Crippen molar-refractivity contribution in [1.82, 2.24) is 0 Å². The number of esters is 2. The Morgan fingerprint density at radius 3 is 1.74 bits per heavy atom. The lowest BCUT2D eigenvalue weighted by Gasteiger charge is -2.20. The molecular formula is C12H20O7. The predicted octanol–water partition coefficient (Wildman–Crippen LogP) is -0.618. The van der Waals surface area contributed by atoms with Gasteiger partial charge in [-0.25, -0.2) is 9.59 Å². The number of hydrogen-bond acceptors (Lipinski definition) is 7. The van der Waals surface area contributed by atoms with Gasteiger partial charge in [-0.3, -0.25) is 0 Å². The van der Waals surface area contributed by atoms with Gasteiger partial charge in [-0.05, 0) is 26.7 Å². The van der Waals surface area contributed by atoms with Crippen molar-refractivity contribution in [3.63, 3.8) is 0 Å². The van der Waals surface area contributed by atoms with Crippen LogP contribution in [0.15, 0.2) is 0 Å². The van der Waals surface area contributed by atoms with Crippen LogP contribution in [0.5, 0.6) is 0 Å². The van der Waals surface area contributed by atoms with Gasteiger partial charge in [0.15, 0.2) is 12.2 Å². The molecule has 0 bridgehead atoms. The minimum absolute atomic E-state index is 0.164. The second-order valence-electron chi connectivity index (χ2n) is 4.18. The van der Waals surface area contributed by atoms with Crippen molar-refractivity contribution in [1.29, 1.82) is 0 Å². The fraction of sp³-hybridized carbons (Fsp3) is 0.833. The van der Waals surface area contributed by atoms with Crippen molar-refractivity contribution >= 4 is 11.9 Å². The van der Waals surface area contributed by atoms with Crippen LogP contribution in [0.3, 0.4) is 0 Å². The van der Waals surface area contributed by atoms with E-state index in [1.54, 1.807) is 13.8 Å². The van der Waals surface area contributed by atoms with Crippen molar-refractivity contribution < 1.29 is 34.0 Å². The molecule has 0 saturated carbocycles. The van der Waals surface area contributed by atoms with E-state index in [4.69, 9.17) is 4.74 Å². The van der Waals surface area contributed by atoms with E-state index in [0.29, 0.717) is 12.8 Å². The first-order valence-corrected chi connectivity index (χ1v) is 6.36. The molecule has 1 heterocycles. The van der Waals surface area contributed by atoms with E-state index in [9.17, 15) is 19.8 Å². The van der Waals surface area contributed by atoms with Crippen molar-refractivity contribution in [3.05, 3.63) is 0 Å². The van der Waals surface area contributed by atoms with Gasteiger partial charge < -0.3 is 24.4 Å². The van der Waals surface area contributed by atoms with Crippen LogP contribution in [-0.4, -0.2) is 59.8 Å². The third-order valence-corrected chi connectivity index (χ3v) is 2.85. The van der Waals surface area contributed by atoms with E-state index in [-0.39, 0.29) is 13.2 Å². The molecule has 1 unspecified atom stereocenters. The Balaban J connectivity index is 2.49. The SMILES string of the molecule is CCOC(=O)C(O)[C@@H]1CC[C@H]([C@H](O)C(=O)OCC)O1. The Morgan fingerprint density at radius 1 is 1.05 bits per heavy atom. The lowest BCUT2D eigenvalue weighted by molar-refractivity contribution is -0.169. The van der Waals surface area contributed by atoms with Gasteiger partial charge in [-0.1, -0.05) is 0 Å². The quantitative estimate of drug-likeness (QED) is 0.623. The number of rotatable bonds is 6. The topological polar surface area (TPSA) is 102 Å². The fourth-order valence-corrected chi connectivity index (χ4v) is 1.91. The molecule has 0 amide bonds. The van der Waals surface area contributed by atoms with Crippen LogP contribution in [0.2, 0.25) is 0 Å². The number of carbonyl (C=O) groups is 2. The maximum atomic E-state index is 11.3. The summed E-state index contributed by atoms with van der Waals surface area (Å²) in [5, 5.41) is 19.4. The summed E-state index contributed by atoms with van der Waals surface area (Å²) in [5.41, 5.74) is 0. The lowest BCUT2D eigenvalue weighted by Crippen LogP contribution is -2.39. The van der Waals surface area contributed by atoms with Gasteiger partial charge in [0.25, 0.3) is 0 Å². The molecule has 1 rings (SSSR count). The van der Waals surface area contributed by atoms with Crippen LogP contribution < -0.4 is 0 Å². The molecule has 1 aliphatic heterocycles. The van der Waals surface area contributed by atoms with Gasteiger partial charge in [0.1, 0.15) is 0 Å². The second kappa shape index (κ2) is 7.42. The summed E-state index contributed by atoms with van der Waals surface area (Å²) in [5.74, 6) is -1.53. The molecular weight excluding hydrogens is 256 g/mol. The molecule has 19 heavy (non-hydrogen) atoms. The highest BCUT2D eigenvalue weighted by Crippen LogP contribution is 2.25. The molecule has 7 heteroatoms. The minimum Gasteiger partial charge on any atom is -0.464 e. The van der Waals surface area contributed by atoms with Crippen LogP contribution in [0.25, 0.3) is 0 Å². The Hall–Kier alpha value is -1.18. The Labute approximate surface area is 111 Å². The number of carbonyl (C=O) groups excluding carboxylic acids is 2. The molecule has 110 valence electrons. The molecule has 0 radical (unpaired) electrons. The summed E-state index contributed by atoms with van der Waals surface area (Å²) >= 11 is 0. The molecule has 1 aliphatic rings. The summed E-state index contributed by atoms with van der Waals surface area (Å²) < 4.78 is 14.7. The highest BCUT2D eigenvalue weighted by molar-refractivity contribution is 5.76. The molecule has 1 fully saturated rings. The molecule has 0 aromatic carbocycles. The fourth-order valence-electron chi connectivity index (χ4n) is 1.91. The standard InChI is InChI=1S/C12H20O7/c1-3-17-11(15)9(13)7-5-6-8(19-7)10(14)12(16)18-4-2/h7-10,13-14H,3-6H2,1-2H3/t7-,8+,9+,10?/m1/s1. The Morgan fingerprint density at radius 2 is 1.42 bits per heavy atom. The van der Waals surface area contributed by atoms with Crippen LogP contribution in [0.1, 0.15) is 26.7 Å². The second-order valence-corrected chi connectivity index (χ2v) is 4.18. The zero-order chi connectivity index (χ0) is 14.4. The van der Waals surface area contributed by atoms with E-state index in [0.717, 1.165) is 0 Å². The molecule has 0 aromatic rings. The van der Waals surface area contributed by atoms with Crippen LogP contribution >= 0.6 is 0 Å². The summed E-state index contributed by atoms with van der Waals surface area (Å²) in [6.07, 6.45) is -3.62. The highest BCUT2D eigenvalue weighted by Gasteiger charge is 2.40. The number of aliphatic hydroxyl groups excluding tert-OH is 2. The van der Waals surface area contributed by atoms with Gasteiger partial charge >= 0.3 is 11.9 Å². The summed E-state index contributed by atoms with van der Waals surface area (Å²) in [4.78, 5) is 22.7. The monoisotopic (exact) mass is 276 g/mol. The predicted molar refractivity (Wildman–Crippen MR) is 63.2 cm³/mol. The Kier molecular flexibility index (Phi) is 6.20. The summed E-state index contributed by atoms with van der Waals surface area (Å²) in [6.45, 7) is 3.59. The van der Waals surface area contributed by atoms with Crippen molar-refractivity contribution in [2.45, 2.75) is 51.1 Å². The molecule has 0 aliphatic carbocycles. The molecule has 4 atom stereocenters. The lowest BCUT2D eigenvalue weighted by atomic mass is 10.1. The van der Waals surface area contributed by atoms with Gasteiger partial charge in [0.2, 0.25) is 0 Å². The normalized spacial score (nSPS) is 25.7. The van der Waals surface area contributed by atoms with Crippen molar-refractivity contribution in [2.24, 2.45) is 0 Å². The maximum Gasteiger partial charge on any atom is 0.337 e. The van der Waals surface area contributed by atoms with E-state index in [2.05, 4.69) is 9.47 Å². The molecule has 2 N–H and O–H groups in total. The summed E-state index contributed by atoms with van der Waals surface area (Å²) in [6, 6.07) is 0. The average molecular weight is 276 g/mol. The number of hydrogen-bond donors (Lipinski definition) is 2. The van der Waals surface area contributed by atoms with Crippen LogP contribution in [0, 0.1) is 0 Å². The first-order valence-electron chi connectivity index (χ1n) is 6.36. The van der Waals surface area contributed by atoms with E-state index in [1.165, 1.54) is 0 Å². The first-order chi connectivity index (χ1) is 9.01. The van der Waals surface area contributed by atoms with E-state index < -0.39 is 36.4 Å². The van der Waals surface area contributed by atoms with E-state index >= 15 is 0 Å². The summed E-state index contributed by atoms with van der Waals surface area (Å²) in [7, 11) is 0. The molecule has 7 nitrogen and oxygen atoms in total. The first kappa shape index (κ1) is 15.9. The van der Waals surface area contributed by atoms with Crippen LogP contribution in [0.4, 0.5) is 0 Å². The zero-order valence-corrected chi connectivity index (χ0v) is 11.1. The third kappa shape index (κ3) is 4.15. The zero-order valence-electron chi connectivity index (χ0n) is 11.1.